The highest BCUT2D eigenvalue weighted by Crippen LogP contribution is 2.33. The molecular formula is C14H19BrF3NO2. The van der Waals surface area contributed by atoms with Crippen LogP contribution < -0.4 is 14.8 Å². The van der Waals surface area contributed by atoms with Crippen LogP contribution in [-0.4, -0.2) is 25.6 Å². The second-order valence-corrected chi connectivity index (χ2v) is 5.48. The normalized spacial score (nSPS) is 13.0. The molecule has 3 nitrogen and oxygen atoms in total. The average Bonchev–Trinajstić information content (AvgIpc) is 2.37. The van der Waals surface area contributed by atoms with Gasteiger partial charge in [-0.2, -0.15) is 0 Å². The van der Waals surface area contributed by atoms with Crippen molar-refractivity contribution in [3.05, 3.63) is 22.7 Å². The van der Waals surface area contributed by atoms with Gasteiger partial charge in [0.25, 0.3) is 0 Å². The Labute approximate surface area is 130 Å². The predicted octanol–water partition coefficient (Wildman–Crippen LogP) is 4.50. The van der Waals surface area contributed by atoms with Gasteiger partial charge in [-0.15, -0.1) is 13.2 Å². The third kappa shape index (κ3) is 7.57. The van der Waals surface area contributed by atoms with Crippen LogP contribution in [-0.2, 0) is 0 Å². The zero-order chi connectivity index (χ0) is 15.9. The Morgan fingerprint density at radius 1 is 1.33 bits per heavy atom. The van der Waals surface area contributed by atoms with Gasteiger partial charge < -0.3 is 14.8 Å². The second-order valence-electron chi connectivity index (χ2n) is 4.63. The van der Waals surface area contributed by atoms with E-state index in [1.807, 2.05) is 6.92 Å². The highest BCUT2D eigenvalue weighted by atomic mass is 79.9. The van der Waals surface area contributed by atoms with Crippen LogP contribution >= 0.6 is 15.9 Å². The van der Waals surface area contributed by atoms with Crippen molar-refractivity contribution in [2.24, 2.45) is 0 Å². The highest BCUT2D eigenvalue weighted by Gasteiger charge is 2.32. The Hall–Kier alpha value is -0.950. The standard InChI is InChI=1S/C14H19BrF3NO2/c1-3-4-7-19-9-10(2)20-11-5-6-13(12(15)8-11)21-14(16,17)18/h5-6,8,10,19H,3-4,7,9H2,1-2H3. The van der Waals surface area contributed by atoms with Crippen LogP contribution in [0.5, 0.6) is 11.5 Å². The molecule has 0 heterocycles. The van der Waals surface area contributed by atoms with E-state index in [0.29, 0.717) is 12.3 Å². The lowest BCUT2D eigenvalue weighted by atomic mass is 10.3. The zero-order valence-corrected chi connectivity index (χ0v) is 13.6. The van der Waals surface area contributed by atoms with Crippen LogP contribution in [0.1, 0.15) is 26.7 Å². The molecule has 1 aromatic rings. The first-order valence-electron chi connectivity index (χ1n) is 6.74. The lowest BCUT2D eigenvalue weighted by Gasteiger charge is -2.17. The molecular weight excluding hydrogens is 351 g/mol. The molecule has 21 heavy (non-hydrogen) atoms. The minimum absolute atomic E-state index is 0.0804. The van der Waals surface area contributed by atoms with Gasteiger partial charge in [0.15, 0.2) is 0 Å². The van der Waals surface area contributed by atoms with Gasteiger partial charge in [0.05, 0.1) is 4.47 Å². The van der Waals surface area contributed by atoms with Gasteiger partial charge in [-0.05, 0) is 54.0 Å². The first-order chi connectivity index (χ1) is 9.81. The Morgan fingerprint density at radius 2 is 2.05 bits per heavy atom. The quantitative estimate of drug-likeness (QED) is 0.684. The average molecular weight is 370 g/mol. The van der Waals surface area contributed by atoms with E-state index in [1.165, 1.54) is 18.2 Å². The van der Waals surface area contributed by atoms with Gasteiger partial charge in [0, 0.05) is 6.54 Å². The maximum absolute atomic E-state index is 12.2. The summed E-state index contributed by atoms with van der Waals surface area (Å²) in [6.07, 6.45) is -2.57. The SMILES string of the molecule is CCCCNCC(C)Oc1ccc(OC(F)(F)F)c(Br)c1. The van der Waals surface area contributed by atoms with E-state index in [-0.39, 0.29) is 16.3 Å². The summed E-state index contributed by atoms with van der Waals surface area (Å²) in [6, 6.07) is 4.14. The number of hydrogen-bond donors (Lipinski definition) is 1. The molecule has 0 aliphatic rings. The van der Waals surface area contributed by atoms with Crippen molar-refractivity contribution in [2.45, 2.75) is 39.2 Å². The predicted molar refractivity (Wildman–Crippen MR) is 78.7 cm³/mol. The molecule has 0 amide bonds. The topological polar surface area (TPSA) is 30.5 Å². The Morgan fingerprint density at radius 3 is 2.62 bits per heavy atom. The summed E-state index contributed by atoms with van der Waals surface area (Å²) < 4.78 is 46.2. The van der Waals surface area contributed by atoms with Crippen molar-refractivity contribution >= 4 is 15.9 Å². The van der Waals surface area contributed by atoms with Gasteiger partial charge in [-0.3, -0.25) is 0 Å². The smallest absolute Gasteiger partial charge is 0.489 e. The van der Waals surface area contributed by atoms with E-state index in [2.05, 4.69) is 32.9 Å². The molecule has 1 aromatic carbocycles. The van der Waals surface area contributed by atoms with Crippen LogP contribution in [0.2, 0.25) is 0 Å². The molecule has 0 bridgehead atoms. The van der Waals surface area contributed by atoms with Gasteiger partial charge in [-0.25, -0.2) is 0 Å². The molecule has 0 spiro atoms. The van der Waals surface area contributed by atoms with Crippen molar-refractivity contribution in [1.82, 2.24) is 5.32 Å². The number of rotatable bonds is 8. The van der Waals surface area contributed by atoms with Crippen LogP contribution in [0, 0.1) is 0 Å². The Balaban J connectivity index is 2.51. The second kappa shape index (κ2) is 8.48. The minimum atomic E-state index is -4.71. The molecule has 0 aliphatic carbocycles. The van der Waals surface area contributed by atoms with Crippen molar-refractivity contribution in [2.75, 3.05) is 13.1 Å². The monoisotopic (exact) mass is 369 g/mol. The molecule has 1 N–H and O–H groups in total. The maximum Gasteiger partial charge on any atom is 0.573 e. The van der Waals surface area contributed by atoms with Crippen molar-refractivity contribution in [3.63, 3.8) is 0 Å². The van der Waals surface area contributed by atoms with Crippen molar-refractivity contribution < 1.29 is 22.6 Å². The van der Waals surface area contributed by atoms with E-state index in [1.54, 1.807) is 0 Å². The summed E-state index contributed by atoms with van der Waals surface area (Å²) in [5.74, 6) is 0.199. The summed E-state index contributed by atoms with van der Waals surface area (Å²) in [5, 5.41) is 3.25. The first-order valence-corrected chi connectivity index (χ1v) is 7.53. The summed E-state index contributed by atoms with van der Waals surface area (Å²) in [7, 11) is 0. The van der Waals surface area contributed by atoms with E-state index in [9.17, 15) is 13.2 Å². The van der Waals surface area contributed by atoms with Crippen molar-refractivity contribution in [3.8, 4) is 11.5 Å². The molecule has 0 aliphatic heterocycles. The number of alkyl halides is 3. The summed E-state index contributed by atoms with van der Waals surface area (Å²) in [6.45, 7) is 5.61. The molecule has 0 fully saturated rings. The summed E-state index contributed by atoms with van der Waals surface area (Å²) in [5.41, 5.74) is 0. The van der Waals surface area contributed by atoms with Crippen LogP contribution in [0.25, 0.3) is 0 Å². The fourth-order valence-corrected chi connectivity index (χ4v) is 2.08. The van der Waals surface area contributed by atoms with E-state index in [4.69, 9.17) is 4.74 Å². The number of hydrogen-bond acceptors (Lipinski definition) is 3. The number of benzene rings is 1. The fourth-order valence-electron chi connectivity index (χ4n) is 1.64. The Bertz CT molecular complexity index is 441. The van der Waals surface area contributed by atoms with Gasteiger partial charge in [0.1, 0.15) is 17.6 Å². The Kier molecular flexibility index (Phi) is 7.31. The summed E-state index contributed by atoms with van der Waals surface area (Å²) in [4.78, 5) is 0. The molecule has 0 saturated heterocycles. The van der Waals surface area contributed by atoms with Gasteiger partial charge >= 0.3 is 6.36 Å². The van der Waals surface area contributed by atoms with Crippen LogP contribution in [0.15, 0.2) is 22.7 Å². The lowest BCUT2D eigenvalue weighted by Crippen LogP contribution is -2.29. The number of nitrogens with one attached hydrogen (secondary N) is 1. The number of unbranched alkanes of at least 4 members (excludes halogenated alkanes) is 1. The zero-order valence-electron chi connectivity index (χ0n) is 12.0. The van der Waals surface area contributed by atoms with Crippen LogP contribution in [0.3, 0.4) is 0 Å². The molecule has 7 heteroatoms. The molecule has 0 radical (unpaired) electrons. The summed E-state index contributed by atoms with van der Waals surface area (Å²) >= 11 is 3.04. The molecule has 1 atom stereocenters. The maximum atomic E-state index is 12.2. The van der Waals surface area contributed by atoms with E-state index >= 15 is 0 Å². The highest BCUT2D eigenvalue weighted by molar-refractivity contribution is 9.10. The van der Waals surface area contributed by atoms with Crippen LogP contribution in [0.4, 0.5) is 13.2 Å². The molecule has 1 rings (SSSR count). The first kappa shape index (κ1) is 18.1. The third-order valence-corrected chi connectivity index (χ3v) is 3.22. The van der Waals surface area contributed by atoms with E-state index in [0.717, 1.165) is 19.4 Å². The van der Waals surface area contributed by atoms with E-state index < -0.39 is 6.36 Å². The molecule has 0 saturated carbocycles. The minimum Gasteiger partial charge on any atom is -0.489 e. The molecule has 120 valence electrons. The third-order valence-electron chi connectivity index (χ3n) is 2.61. The lowest BCUT2D eigenvalue weighted by molar-refractivity contribution is -0.274. The van der Waals surface area contributed by atoms with Gasteiger partial charge in [-0.1, -0.05) is 13.3 Å². The largest absolute Gasteiger partial charge is 0.573 e. The molecule has 1 unspecified atom stereocenters. The van der Waals surface area contributed by atoms with Crippen molar-refractivity contribution in [1.29, 1.82) is 0 Å². The fraction of sp³-hybridized carbons (Fsp3) is 0.571. The van der Waals surface area contributed by atoms with Gasteiger partial charge in [0.2, 0.25) is 0 Å². The molecule has 0 aromatic heterocycles. The number of ether oxygens (including phenoxy) is 2. The number of halogens is 4.